The van der Waals surface area contributed by atoms with Crippen LogP contribution in [0, 0.1) is 0 Å². The number of hydrogen-bond donors (Lipinski definition) is 3. The molecule has 4 nitrogen and oxygen atoms in total. The molecular formula is C13H21N3OS. The van der Waals surface area contributed by atoms with Gasteiger partial charge in [-0.1, -0.05) is 6.08 Å². The minimum Gasteiger partial charge on any atom is -0.383 e. The van der Waals surface area contributed by atoms with Crippen molar-refractivity contribution in [1.82, 2.24) is 10.6 Å². The minimum absolute atomic E-state index is 0.316. The molecule has 1 heterocycles. The third kappa shape index (κ3) is 4.50. The lowest BCUT2D eigenvalue weighted by molar-refractivity contribution is 0.0677. The molecule has 0 aliphatic rings. The summed E-state index contributed by atoms with van der Waals surface area (Å²) < 4.78 is 0. The maximum absolute atomic E-state index is 10.3. The molecular weight excluding hydrogens is 246 g/mol. The SMILES string of the molecule is C=CCNC(=NCC(C)(O)c1ccsc1)NCC. The van der Waals surface area contributed by atoms with E-state index in [1.54, 1.807) is 24.3 Å². The third-order valence-corrected chi connectivity index (χ3v) is 3.13. The molecule has 5 heteroatoms. The molecule has 1 atom stereocenters. The normalized spacial score (nSPS) is 14.9. The standard InChI is InChI=1S/C13H21N3OS/c1-4-7-15-12(14-5-2)16-10-13(3,17)11-6-8-18-9-11/h4,6,8-9,17H,1,5,7,10H2,2-3H3,(H2,14,15,16). The summed E-state index contributed by atoms with van der Waals surface area (Å²) in [4.78, 5) is 4.38. The van der Waals surface area contributed by atoms with Crippen molar-refractivity contribution in [1.29, 1.82) is 0 Å². The largest absolute Gasteiger partial charge is 0.383 e. The highest BCUT2D eigenvalue weighted by Gasteiger charge is 2.23. The van der Waals surface area contributed by atoms with Gasteiger partial charge in [0.2, 0.25) is 0 Å². The van der Waals surface area contributed by atoms with Crippen LogP contribution in [0.3, 0.4) is 0 Å². The first kappa shape index (κ1) is 14.7. The lowest BCUT2D eigenvalue weighted by Gasteiger charge is -2.21. The number of nitrogens with zero attached hydrogens (tertiary/aromatic N) is 1. The van der Waals surface area contributed by atoms with Crippen LogP contribution in [0.15, 0.2) is 34.5 Å². The van der Waals surface area contributed by atoms with E-state index in [2.05, 4.69) is 22.2 Å². The Labute approximate surface area is 112 Å². The summed E-state index contributed by atoms with van der Waals surface area (Å²) in [5, 5.41) is 20.5. The molecule has 0 aromatic carbocycles. The van der Waals surface area contributed by atoms with E-state index in [4.69, 9.17) is 0 Å². The molecule has 1 aromatic heterocycles. The Bertz CT molecular complexity index is 385. The highest BCUT2D eigenvalue weighted by Crippen LogP contribution is 2.23. The topological polar surface area (TPSA) is 56.7 Å². The number of thiophene rings is 1. The molecule has 0 amide bonds. The van der Waals surface area contributed by atoms with Crippen LogP contribution in [0.5, 0.6) is 0 Å². The van der Waals surface area contributed by atoms with E-state index < -0.39 is 5.60 Å². The molecule has 0 spiro atoms. The summed E-state index contributed by atoms with van der Waals surface area (Å²) in [6.45, 7) is 9.17. The Morgan fingerprint density at radius 3 is 2.94 bits per heavy atom. The summed E-state index contributed by atoms with van der Waals surface area (Å²) >= 11 is 1.57. The number of aliphatic imine (C=N–C) groups is 1. The Hall–Kier alpha value is -1.33. The molecule has 0 radical (unpaired) electrons. The lowest BCUT2D eigenvalue weighted by atomic mass is 10.00. The molecule has 0 aliphatic heterocycles. The van der Waals surface area contributed by atoms with Gasteiger partial charge in [0.05, 0.1) is 6.54 Å². The van der Waals surface area contributed by atoms with Crippen LogP contribution in [-0.4, -0.2) is 30.7 Å². The van der Waals surface area contributed by atoms with Crippen molar-refractivity contribution in [3.05, 3.63) is 35.0 Å². The van der Waals surface area contributed by atoms with E-state index in [0.717, 1.165) is 12.1 Å². The number of aliphatic hydroxyl groups is 1. The summed E-state index contributed by atoms with van der Waals surface area (Å²) in [6, 6.07) is 1.92. The van der Waals surface area contributed by atoms with Gasteiger partial charge in [-0.25, -0.2) is 4.99 Å². The molecule has 18 heavy (non-hydrogen) atoms. The minimum atomic E-state index is -0.934. The molecule has 3 N–H and O–H groups in total. The van der Waals surface area contributed by atoms with Gasteiger partial charge in [-0.05, 0) is 36.2 Å². The molecule has 1 aromatic rings. The zero-order chi connectivity index (χ0) is 13.4. The number of rotatable bonds is 6. The van der Waals surface area contributed by atoms with Crippen LogP contribution < -0.4 is 10.6 Å². The van der Waals surface area contributed by atoms with Crippen molar-refractivity contribution in [3.8, 4) is 0 Å². The number of hydrogen-bond acceptors (Lipinski definition) is 3. The fourth-order valence-corrected chi connectivity index (χ4v) is 2.19. The van der Waals surface area contributed by atoms with Crippen LogP contribution in [0.1, 0.15) is 19.4 Å². The van der Waals surface area contributed by atoms with Gasteiger partial charge in [-0.15, -0.1) is 6.58 Å². The fraction of sp³-hybridized carbons (Fsp3) is 0.462. The second-order valence-corrected chi connectivity index (χ2v) is 4.93. The van der Waals surface area contributed by atoms with Gasteiger partial charge >= 0.3 is 0 Å². The maximum atomic E-state index is 10.3. The molecule has 0 fully saturated rings. The van der Waals surface area contributed by atoms with Crippen molar-refractivity contribution in [2.45, 2.75) is 19.4 Å². The summed E-state index contributed by atoms with van der Waals surface area (Å²) in [6.07, 6.45) is 1.77. The summed E-state index contributed by atoms with van der Waals surface area (Å²) in [7, 11) is 0. The Morgan fingerprint density at radius 2 is 2.39 bits per heavy atom. The zero-order valence-electron chi connectivity index (χ0n) is 10.9. The molecule has 100 valence electrons. The van der Waals surface area contributed by atoms with E-state index in [9.17, 15) is 5.11 Å². The monoisotopic (exact) mass is 267 g/mol. The van der Waals surface area contributed by atoms with Crippen molar-refractivity contribution < 1.29 is 5.11 Å². The second kappa shape index (κ2) is 7.18. The van der Waals surface area contributed by atoms with Gasteiger partial charge in [0.15, 0.2) is 5.96 Å². The van der Waals surface area contributed by atoms with Crippen LogP contribution in [0.4, 0.5) is 0 Å². The van der Waals surface area contributed by atoms with Gasteiger partial charge in [0.1, 0.15) is 5.60 Å². The first-order valence-corrected chi connectivity index (χ1v) is 6.92. The highest BCUT2D eigenvalue weighted by atomic mass is 32.1. The summed E-state index contributed by atoms with van der Waals surface area (Å²) in [5.41, 5.74) is -0.0351. The van der Waals surface area contributed by atoms with Crippen molar-refractivity contribution in [2.24, 2.45) is 4.99 Å². The molecule has 0 saturated heterocycles. The average Bonchev–Trinajstić information content (AvgIpc) is 2.87. The van der Waals surface area contributed by atoms with Crippen molar-refractivity contribution >= 4 is 17.3 Å². The molecule has 0 aliphatic carbocycles. The van der Waals surface area contributed by atoms with Crippen LogP contribution in [0.25, 0.3) is 0 Å². The maximum Gasteiger partial charge on any atom is 0.191 e. The zero-order valence-corrected chi connectivity index (χ0v) is 11.8. The Balaban J connectivity index is 2.65. The van der Waals surface area contributed by atoms with Gasteiger partial charge in [-0.3, -0.25) is 0 Å². The van der Waals surface area contributed by atoms with Crippen molar-refractivity contribution in [2.75, 3.05) is 19.6 Å². The van der Waals surface area contributed by atoms with Crippen LogP contribution in [0.2, 0.25) is 0 Å². The first-order chi connectivity index (χ1) is 8.60. The molecule has 0 bridgehead atoms. The van der Waals surface area contributed by atoms with Crippen LogP contribution in [-0.2, 0) is 5.60 Å². The molecule has 1 unspecified atom stereocenters. The van der Waals surface area contributed by atoms with Crippen LogP contribution >= 0.6 is 11.3 Å². The Kier molecular flexibility index (Phi) is 5.88. The van der Waals surface area contributed by atoms with Crippen molar-refractivity contribution in [3.63, 3.8) is 0 Å². The number of guanidine groups is 1. The van der Waals surface area contributed by atoms with E-state index in [1.807, 2.05) is 23.8 Å². The molecule has 0 saturated carbocycles. The van der Waals surface area contributed by atoms with E-state index >= 15 is 0 Å². The predicted molar refractivity (Wildman–Crippen MR) is 78.1 cm³/mol. The Morgan fingerprint density at radius 1 is 1.61 bits per heavy atom. The van der Waals surface area contributed by atoms with E-state index in [1.165, 1.54) is 0 Å². The second-order valence-electron chi connectivity index (χ2n) is 4.15. The lowest BCUT2D eigenvalue weighted by Crippen LogP contribution is -2.38. The number of nitrogens with one attached hydrogen (secondary N) is 2. The molecule has 1 rings (SSSR count). The van der Waals surface area contributed by atoms with Gasteiger partial charge < -0.3 is 15.7 Å². The van der Waals surface area contributed by atoms with Gasteiger partial charge in [0.25, 0.3) is 0 Å². The third-order valence-electron chi connectivity index (χ3n) is 2.45. The first-order valence-electron chi connectivity index (χ1n) is 5.98. The highest BCUT2D eigenvalue weighted by molar-refractivity contribution is 7.08. The average molecular weight is 267 g/mol. The van der Waals surface area contributed by atoms with E-state index in [0.29, 0.717) is 19.0 Å². The van der Waals surface area contributed by atoms with E-state index in [-0.39, 0.29) is 0 Å². The van der Waals surface area contributed by atoms with Gasteiger partial charge in [-0.2, -0.15) is 11.3 Å². The van der Waals surface area contributed by atoms with Gasteiger partial charge in [0, 0.05) is 13.1 Å². The smallest absolute Gasteiger partial charge is 0.191 e. The fourth-order valence-electron chi connectivity index (χ4n) is 1.41. The summed E-state index contributed by atoms with van der Waals surface area (Å²) in [5.74, 6) is 0.688. The quantitative estimate of drug-likeness (QED) is 0.418. The predicted octanol–water partition coefficient (Wildman–Crippen LogP) is 1.70.